The van der Waals surface area contributed by atoms with Gasteiger partial charge in [-0.25, -0.2) is 0 Å². The molecule has 0 spiro atoms. The first kappa shape index (κ1) is 15.8. The van der Waals surface area contributed by atoms with Crippen molar-refractivity contribution in [2.75, 3.05) is 20.2 Å². The van der Waals surface area contributed by atoms with Crippen molar-refractivity contribution < 1.29 is 9.53 Å². The summed E-state index contributed by atoms with van der Waals surface area (Å²) in [4.78, 5) is 13.6. The van der Waals surface area contributed by atoms with E-state index in [4.69, 9.17) is 10.5 Å². The highest BCUT2D eigenvalue weighted by molar-refractivity contribution is 9.10. The Morgan fingerprint density at radius 1 is 1.29 bits per heavy atom. The van der Waals surface area contributed by atoms with Gasteiger partial charge in [0.2, 0.25) is 0 Å². The second-order valence-electron chi connectivity index (χ2n) is 5.03. The molecule has 5 heteroatoms. The molecule has 4 nitrogen and oxygen atoms in total. The monoisotopic (exact) mass is 350 g/mol. The Morgan fingerprint density at radius 3 is 2.67 bits per heavy atom. The van der Waals surface area contributed by atoms with Gasteiger partial charge >= 0.3 is 0 Å². The Kier molecular flexibility index (Phi) is 5.20. The molecule has 0 saturated heterocycles. The smallest absolute Gasteiger partial charge is 0.260 e. The predicted molar refractivity (Wildman–Crippen MR) is 88.4 cm³/mol. The van der Waals surface area contributed by atoms with Crippen LogP contribution in [0.1, 0.15) is 6.92 Å². The average Bonchev–Trinajstić information content (AvgIpc) is 2.50. The summed E-state index contributed by atoms with van der Waals surface area (Å²) in [6, 6.07) is 11.8. The van der Waals surface area contributed by atoms with Crippen molar-refractivity contribution in [2.24, 2.45) is 5.73 Å². The number of carbonyl (C=O) groups excluding carboxylic acids is 1. The maximum Gasteiger partial charge on any atom is 0.260 e. The zero-order valence-corrected chi connectivity index (χ0v) is 13.8. The van der Waals surface area contributed by atoms with Crippen LogP contribution in [0.15, 0.2) is 40.9 Å². The molecule has 21 heavy (non-hydrogen) atoms. The van der Waals surface area contributed by atoms with Crippen molar-refractivity contribution in [3.63, 3.8) is 0 Å². The van der Waals surface area contributed by atoms with Crippen LogP contribution in [0.2, 0.25) is 0 Å². The van der Waals surface area contributed by atoms with E-state index in [1.165, 1.54) is 0 Å². The molecule has 0 bridgehead atoms. The number of nitrogens with zero attached hydrogens (tertiary/aromatic N) is 1. The van der Waals surface area contributed by atoms with Crippen LogP contribution in [0.4, 0.5) is 0 Å². The number of hydrogen-bond acceptors (Lipinski definition) is 3. The molecule has 1 unspecified atom stereocenters. The van der Waals surface area contributed by atoms with Crippen molar-refractivity contribution in [3.05, 3.63) is 40.9 Å². The van der Waals surface area contributed by atoms with Crippen LogP contribution in [0.25, 0.3) is 10.8 Å². The van der Waals surface area contributed by atoms with E-state index in [2.05, 4.69) is 15.9 Å². The van der Waals surface area contributed by atoms with E-state index in [-0.39, 0.29) is 18.6 Å². The van der Waals surface area contributed by atoms with Crippen molar-refractivity contribution in [3.8, 4) is 5.75 Å². The summed E-state index contributed by atoms with van der Waals surface area (Å²) < 4.78 is 6.62. The first-order valence-electron chi connectivity index (χ1n) is 6.79. The minimum Gasteiger partial charge on any atom is -0.484 e. The van der Waals surface area contributed by atoms with Gasteiger partial charge in [-0.2, -0.15) is 0 Å². The Bertz CT molecular complexity index is 645. The molecule has 0 aliphatic rings. The largest absolute Gasteiger partial charge is 0.484 e. The van der Waals surface area contributed by atoms with Gasteiger partial charge in [0.25, 0.3) is 5.91 Å². The highest BCUT2D eigenvalue weighted by Crippen LogP contribution is 2.24. The summed E-state index contributed by atoms with van der Waals surface area (Å²) in [5.41, 5.74) is 5.55. The highest BCUT2D eigenvalue weighted by atomic mass is 79.9. The number of fused-ring (bicyclic) bond motifs is 1. The number of ether oxygens (including phenoxy) is 1. The zero-order chi connectivity index (χ0) is 15.4. The minimum absolute atomic E-state index is 0.00931. The van der Waals surface area contributed by atoms with Crippen molar-refractivity contribution >= 4 is 32.6 Å². The predicted octanol–water partition coefficient (Wildman–Crippen LogP) is 2.79. The van der Waals surface area contributed by atoms with Gasteiger partial charge in [-0.3, -0.25) is 4.79 Å². The molecule has 0 aromatic heterocycles. The van der Waals surface area contributed by atoms with E-state index in [0.717, 1.165) is 15.2 Å². The molecule has 0 heterocycles. The fourth-order valence-corrected chi connectivity index (χ4v) is 2.31. The Morgan fingerprint density at radius 2 is 1.95 bits per heavy atom. The summed E-state index contributed by atoms with van der Waals surface area (Å²) >= 11 is 3.45. The van der Waals surface area contributed by atoms with Gasteiger partial charge in [-0.1, -0.05) is 28.1 Å². The molecule has 2 aromatic rings. The number of benzene rings is 2. The van der Waals surface area contributed by atoms with E-state index < -0.39 is 0 Å². The van der Waals surface area contributed by atoms with Crippen LogP contribution in [0, 0.1) is 0 Å². The highest BCUT2D eigenvalue weighted by Gasteiger charge is 2.14. The number of amides is 1. The third-order valence-electron chi connectivity index (χ3n) is 3.53. The number of nitrogens with two attached hydrogens (primary N) is 1. The fraction of sp³-hybridized carbons (Fsp3) is 0.312. The second-order valence-corrected chi connectivity index (χ2v) is 5.95. The molecule has 2 aromatic carbocycles. The van der Waals surface area contributed by atoms with Gasteiger partial charge in [0.15, 0.2) is 6.61 Å². The Balaban J connectivity index is 2.03. The van der Waals surface area contributed by atoms with E-state index in [0.29, 0.717) is 12.3 Å². The summed E-state index contributed by atoms with van der Waals surface area (Å²) in [7, 11) is 1.74. The number of carbonyl (C=O) groups is 1. The first-order valence-corrected chi connectivity index (χ1v) is 7.58. The van der Waals surface area contributed by atoms with E-state index >= 15 is 0 Å². The molecule has 2 N–H and O–H groups in total. The standard InChI is InChI=1S/C16H19BrN2O2/c1-11(9-18)19(2)16(20)10-21-15-6-4-12-7-14(17)5-3-13(12)8-15/h3-8,11H,9-10,18H2,1-2H3. The quantitative estimate of drug-likeness (QED) is 0.901. The molecular formula is C16H19BrN2O2. The van der Waals surface area contributed by atoms with Gasteiger partial charge < -0.3 is 15.4 Å². The lowest BCUT2D eigenvalue weighted by Crippen LogP contribution is -2.42. The maximum atomic E-state index is 12.0. The first-order chi connectivity index (χ1) is 10.0. The Labute approximate surface area is 133 Å². The summed E-state index contributed by atoms with van der Waals surface area (Å²) in [5, 5.41) is 2.20. The van der Waals surface area contributed by atoms with Gasteiger partial charge in [0, 0.05) is 24.1 Å². The molecule has 112 valence electrons. The van der Waals surface area contributed by atoms with Crippen LogP contribution in [0.3, 0.4) is 0 Å². The lowest BCUT2D eigenvalue weighted by atomic mass is 10.1. The number of likely N-dealkylation sites (N-methyl/N-ethyl adjacent to an activating group) is 1. The van der Waals surface area contributed by atoms with Crippen molar-refractivity contribution in [1.82, 2.24) is 4.90 Å². The van der Waals surface area contributed by atoms with Crippen LogP contribution in [0.5, 0.6) is 5.75 Å². The van der Waals surface area contributed by atoms with Gasteiger partial charge in [0.1, 0.15) is 5.75 Å². The third kappa shape index (κ3) is 3.95. The molecule has 0 aliphatic carbocycles. The van der Waals surface area contributed by atoms with Crippen molar-refractivity contribution in [2.45, 2.75) is 13.0 Å². The minimum atomic E-state index is -0.0798. The number of rotatable bonds is 5. The fourth-order valence-electron chi connectivity index (χ4n) is 1.94. The SMILES string of the molecule is CC(CN)N(C)C(=O)COc1ccc2cc(Br)ccc2c1. The number of halogens is 1. The zero-order valence-electron chi connectivity index (χ0n) is 12.2. The lowest BCUT2D eigenvalue weighted by Gasteiger charge is -2.23. The van der Waals surface area contributed by atoms with Crippen molar-refractivity contribution in [1.29, 1.82) is 0 Å². The molecule has 0 fully saturated rings. The normalized spacial score (nSPS) is 12.2. The van der Waals surface area contributed by atoms with Crippen LogP contribution < -0.4 is 10.5 Å². The van der Waals surface area contributed by atoms with Gasteiger partial charge in [-0.15, -0.1) is 0 Å². The molecule has 0 radical (unpaired) electrons. The summed E-state index contributed by atoms with van der Waals surface area (Å²) in [6.07, 6.45) is 0. The second kappa shape index (κ2) is 6.91. The van der Waals surface area contributed by atoms with Crippen LogP contribution >= 0.6 is 15.9 Å². The van der Waals surface area contributed by atoms with Gasteiger partial charge in [0.05, 0.1) is 0 Å². The molecule has 1 amide bonds. The topological polar surface area (TPSA) is 55.6 Å². The van der Waals surface area contributed by atoms with E-state index in [9.17, 15) is 4.79 Å². The van der Waals surface area contributed by atoms with Gasteiger partial charge in [-0.05, 0) is 42.0 Å². The molecular weight excluding hydrogens is 332 g/mol. The summed E-state index contributed by atoms with van der Waals surface area (Å²) in [6.45, 7) is 2.36. The van der Waals surface area contributed by atoms with E-state index in [1.54, 1.807) is 11.9 Å². The molecule has 0 aliphatic heterocycles. The van der Waals surface area contributed by atoms with E-state index in [1.807, 2.05) is 43.3 Å². The third-order valence-corrected chi connectivity index (χ3v) is 4.02. The average molecular weight is 351 g/mol. The Hall–Kier alpha value is -1.59. The summed E-state index contributed by atoms with van der Waals surface area (Å²) in [5.74, 6) is 0.607. The molecule has 1 atom stereocenters. The molecule has 2 rings (SSSR count). The lowest BCUT2D eigenvalue weighted by molar-refractivity contribution is -0.133. The number of hydrogen-bond donors (Lipinski definition) is 1. The maximum absolute atomic E-state index is 12.0. The molecule has 0 saturated carbocycles. The van der Waals surface area contributed by atoms with Crippen LogP contribution in [-0.2, 0) is 4.79 Å². The van der Waals surface area contributed by atoms with Crippen LogP contribution in [-0.4, -0.2) is 37.0 Å².